The van der Waals surface area contributed by atoms with Crippen LogP contribution in [0.2, 0.25) is 0 Å². The summed E-state index contributed by atoms with van der Waals surface area (Å²) < 4.78 is 22.8. The first-order chi connectivity index (χ1) is 42.1. The van der Waals surface area contributed by atoms with Gasteiger partial charge in [-0.25, -0.2) is 0 Å². The summed E-state index contributed by atoms with van der Waals surface area (Å²) in [6.07, 6.45) is 56.6. The van der Waals surface area contributed by atoms with Gasteiger partial charge < -0.3 is 65.1 Å². The van der Waals surface area contributed by atoms with Crippen molar-refractivity contribution < 1.29 is 64.6 Å². The average Bonchev–Trinajstić information content (AvgIpc) is 2.54. The molecule has 2 heterocycles. The third-order valence-electron chi connectivity index (χ3n) is 17.8. The van der Waals surface area contributed by atoms with Crippen LogP contribution in [0.3, 0.4) is 0 Å². The monoisotopic (exact) mass is 1220 g/mol. The average molecular weight is 1220 g/mol. The Bertz CT molecular complexity index is 1580. The van der Waals surface area contributed by atoms with Crippen molar-refractivity contribution in [2.45, 2.75) is 396 Å². The van der Waals surface area contributed by atoms with E-state index in [4.69, 9.17) is 18.9 Å². The molecule has 2 aliphatic heterocycles. The second kappa shape index (κ2) is 57.1. The van der Waals surface area contributed by atoms with Gasteiger partial charge in [-0.2, -0.15) is 0 Å². The molecule has 0 spiro atoms. The first kappa shape index (κ1) is 80.3. The van der Waals surface area contributed by atoms with Crippen LogP contribution in [0.25, 0.3) is 0 Å². The molecule has 12 atom stereocenters. The molecular weight excluding hydrogens is 1090 g/mol. The van der Waals surface area contributed by atoms with Crippen LogP contribution in [0.1, 0.15) is 322 Å². The fourth-order valence-electron chi connectivity index (χ4n) is 12.0. The summed E-state index contributed by atoms with van der Waals surface area (Å²) in [6.45, 7) is 2.81. The molecule has 2 fully saturated rings. The van der Waals surface area contributed by atoms with Gasteiger partial charge in [-0.1, -0.05) is 307 Å². The number of hydrogen-bond acceptors (Lipinski definition) is 13. The Morgan fingerprint density at radius 1 is 0.407 bits per heavy atom. The Labute approximate surface area is 525 Å². The van der Waals surface area contributed by atoms with E-state index in [9.17, 15) is 45.6 Å². The SMILES string of the molecule is CCCCCCCCCC/C=C/CC/C=C/CC/C=C/C(O)C(COC1OC(CO)C(OC2OC(CO)C(O)C(O)C2O)C(O)C1O)NC(=O)CCCCCCCCCCCCCCCCCCCCCCCCCCCCCCCCCCCC. The maximum Gasteiger partial charge on any atom is 0.220 e. The molecule has 12 unspecified atom stereocenters. The van der Waals surface area contributed by atoms with Gasteiger partial charge in [-0.15, -0.1) is 0 Å². The summed E-state index contributed by atoms with van der Waals surface area (Å²) in [6, 6.07) is -0.936. The molecule has 1 amide bonds. The number of amides is 1. The highest BCUT2D eigenvalue weighted by molar-refractivity contribution is 5.76. The Hall–Kier alpha value is -1.79. The van der Waals surface area contributed by atoms with Crippen LogP contribution in [0, 0.1) is 0 Å². The zero-order valence-corrected chi connectivity index (χ0v) is 55.1. The lowest BCUT2D eigenvalue weighted by atomic mass is 9.97. The summed E-state index contributed by atoms with van der Waals surface area (Å²) >= 11 is 0. The van der Waals surface area contributed by atoms with E-state index in [2.05, 4.69) is 43.5 Å². The minimum Gasteiger partial charge on any atom is -0.394 e. The van der Waals surface area contributed by atoms with E-state index in [1.165, 1.54) is 244 Å². The Morgan fingerprint density at radius 2 is 0.744 bits per heavy atom. The Kier molecular flexibility index (Phi) is 53.4. The van der Waals surface area contributed by atoms with E-state index in [0.717, 1.165) is 44.9 Å². The summed E-state index contributed by atoms with van der Waals surface area (Å²) in [5.41, 5.74) is 0. The van der Waals surface area contributed by atoms with Gasteiger partial charge in [0.05, 0.1) is 32.0 Å². The van der Waals surface area contributed by atoms with Crippen molar-refractivity contribution in [1.82, 2.24) is 5.32 Å². The fourth-order valence-corrected chi connectivity index (χ4v) is 12.0. The summed E-state index contributed by atoms with van der Waals surface area (Å²) in [5.74, 6) is -0.247. The number of unbranched alkanes of at least 4 members (excludes halogenated alkanes) is 43. The zero-order valence-electron chi connectivity index (χ0n) is 55.1. The lowest BCUT2D eigenvalue weighted by molar-refractivity contribution is -0.359. The second-order valence-corrected chi connectivity index (χ2v) is 25.7. The molecule has 0 bridgehead atoms. The van der Waals surface area contributed by atoms with Crippen molar-refractivity contribution in [3.63, 3.8) is 0 Å². The number of aliphatic hydroxyl groups excluding tert-OH is 8. The van der Waals surface area contributed by atoms with Gasteiger partial charge in [0, 0.05) is 6.42 Å². The smallest absolute Gasteiger partial charge is 0.220 e. The van der Waals surface area contributed by atoms with Crippen LogP contribution >= 0.6 is 0 Å². The number of carbonyl (C=O) groups excluding carboxylic acids is 1. The van der Waals surface area contributed by atoms with Crippen LogP contribution in [-0.4, -0.2) is 140 Å². The van der Waals surface area contributed by atoms with Crippen molar-refractivity contribution in [2.24, 2.45) is 0 Å². The molecular formula is C72H135NO13. The summed E-state index contributed by atoms with van der Waals surface area (Å²) in [4.78, 5) is 13.3. The quantitative estimate of drug-likeness (QED) is 0.0204. The van der Waals surface area contributed by atoms with Crippen LogP contribution in [-0.2, 0) is 23.7 Å². The van der Waals surface area contributed by atoms with E-state index in [0.29, 0.717) is 12.8 Å². The van der Waals surface area contributed by atoms with Crippen LogP contribution < -0.4 is 5.32 Å². The minimum atomic E-state index is -1.79. The number of ether oxygens (including phenoxy) is 4. The maximum absolute atomic E-state index is 13.3. The van der Waals surface area contributed by atoms with Gasteiger partial charge in [0.15, 0.2) is 12.6 Å². The van der Waals surface area contributed by atoms with E-state index in [-0.39, 0.29) is 18.9 Å². The van der Waals surface area contributed by atoms with Gasteiger partial charge in [-0.05, 0) is 44.9 Å². The molecule has 9 N–H and O–H groups in total. The lowest BCUT2D eigenvalue weighted by Crippen LogP contribution is -2.65. The number of nitrogens with one attached hydrogen (secondary N) is 1. The van der Waals surface area contributed by atoms with E-state index in [1.54, 1.807) is 6.08 Å². The molecule has 86 heavy (non-hydrogen) atoms. The topological polar surface area (TPSA) is 228 Å². The van der Waals surface area contributed by atoms with Gasteiger partial charge >= 0.3 is 0 Å². The highest BCUT2D eigenvalue weighted by Crippen LogP contribution is 2.30. The third-order valence-corrected chi connectivity index (χ3v) is 17.8. The van der Waals surface area contributed by atoms with Crippen molar-refractivity contribution in [3.8, 4) is 0 Å². The molecule has 14 heteroatoms. The van der Waals surface area contributed by atoms with Gasteiger partial charge in [0.1, 0.15) is 48.8 Å². The fraction of sp³-hybridized carbons (Fsp3) is 0.903. The van der Waals surface area contributed by atoms with Gasteiger partial charge in [0.25, 0.3) is 0 Å². The van der Waals surface area contributed by atoms with Crippen LogP contribution in [0.15, 0.2) is 36.5 Å². The maximum atomic E-state index is 13.3. The Balaban J connectivity index is 1.62. The molecule has 0 saturated carbocycles. The zero-order chi connectivity index (χ0) is 62.3. The number of allylic oxidation sites excluding steroid dienone is 5. The number of aliphatic hydroxyl groups is 8. The van der Waals surface area contributed by atoms with E-state index in [1.807, 2.05) is 6.08 Å². The molecule has 2 aliphatic rings. The molecule has 0 aromatic carbocycles. The standard InChI is InChI=1S/C72H135NO13/c1-3-5-7-9-11-13-15-17-19-21-23-24-25-26-27-28-29-30-31-32-33-34-35-36-37-38-40-42-44-46-48-50-52-54-56-64(77)73-60(61(76)55-53-51-49-47-45-43-41-39-22-20-18-16-14-12-10-8-6-4-2)59-83-71-69(82)67(80)70(63(58-75)85-71)86-72-68(81)66(79)65(78)62(57-74)84-72/h22,39,45,47,53,55,60-63,65-72,74-76,78-82H,3-21,23-38,40-44,46,48-52,54,56-59H2,1-2H3,(H,73,77)/b39-22+,47-45+,55-53+. The van der Waals surface area contributed by atoms with E-state index >= 15 is 0 Å². The second-order valence-electron chi connectivity index (χ2n) is 25.7. The molecule has 0 aromatic heterocycles. The molecule has 0 aliphatic carbocycles. The largest absolute Gasteiger partial charge is 0.394 e. The first-order valence-corrected chi connectivity index (χ1v) is 36.2. The Morgan fingerprint density at radius 3 is 1.14 bits per heavy atom. The first-order valence-electron chi connectivity index (χ1n) is 36.2. The van der Waals surface area contributed by atoms with E-state index < -0.39 is 86.8 Å². The van der Waals surface area contributed by atoms with Crippen molar-refractivity contribution in [2.75, 3.05) is 19.8 Å². The third kappa shape index (κ3) is 40.8. The molecule has 2 rings (SSSR count). The molecule has 14 nitrogen and oxygen atoms in total. The van der Waals surface area contributed by atoms with Crippen LogP contribution in [0.4, 0.5) is 0 Å². The van der Waals surface area contributed by atoms with Gasteiger partial charge in [0.2, 0.25) is 5.91 Å². The highest BCUT2D eigenvalue weighted by atomic mass is 16.7. The molecule has 0 aromatic rings. The van der Waals surface area contributed by atoms with Gasteiger partial charge in [-0.3, -0.25) is 4.79 Å². The predicted molar refractivity (Wildman–Crippen MR) is 351 cm³/mol. The van der Waals surface area contributed by atoms with Crippen molar-refractivity contribution in [1.29, 1.82) is 0 Å². The predicted octanol–water partition coefficient (Wildman–Crippen LogP) is 14.9. The molecule has 0 radical (unpaired) electrons. The lowest BCUT2D eigenvalue weighted by Gasteiger charge is -2.46. The van der Waals surface area contributed by atoms with Crippen molar-refractivity contribution >= 4 is 5.91 Å². The number of hydrogen-bond donors (Lipinski definition) is 9. The minimum absolute atomic E-state index is 0.247. The number of carbonyl (C=O) groups is 1. The van der Waals surface area contributed by atoms with Crippen molar-refractivity contribution in [3.05, 3.63) is 36.5 Å². The molecule has 2 saturated heterocycles. The summed E-state index contributed by atoms with van der Waals surface area (Å²) in [7, 11) is 0. The van der Waals surface area contributed by atoms with Crippen LogP contribution in [0.5, 0.6) is 0 Å². The summed E-state index contributed by atoms with van der Waals surface area (Å²) in [5, 5.41) is 87.3. The molecule has 506 valence electrons. The highest BCUT2D eigenvalue weighted by Gasteiger charge is 2.51. The normalized spacial score (nSPS) is 23.6. The number of rotatable bonds is 60.